The van der Waals surface area contributed by atoms with Crippen molar-refractivity contribution in [3.05, 3.63) is 26.7 Å². The summed E-state index contributed by atoms with van der Waals surface area (Å²) in [5.41, 5.74) is 5.74. The average Bonchev–Trinajstić information content (AvgIpc) is 2.84. The Labute approximate surface area is 128 Å². The number of nitrogens with two attached hydrogens (primary N) is 1. The molecule has 2 N–H and O–H groups in total. The summed E-state index contributed by atoms with van der Waals surface area (Å²) in [5.74, 6) is 0.760. The predicted molar refractivity (Wildman–Crippen MR) is 84.3 cm³/mol. The molecule has 0 aliphatic carbocycles. The Hall–Kier alpha value is -1.93. The van der Waals surface area contributed by atoms with E-state index in [0.717, 1.165) is 5.82 Å². The third kappa shape index (κ3) is 2.48. The SMILES string of the molecule is CCc1nc2c(c(=O)n(C(C)CN)c(=O)n2CCOC)n1C. The highest BCUT2D eigenvalue weighted by Crippen LogP contribution is 2.11. The molecule has 1 unspecified atom stereocenters. The van der Waals surface area contributed by atoms with Crippen LogP contribution in [0.3, 0.4) is 0 Å². The van der Waals surface area contributed by atoms with E-state index in [9.17, 15) is 9.59 Å². The molecule has 0 radical (unpaired) electrons. The van der Waals surface area contributed by atoms with Gasteiger partial charge in [-0.15, -0.1) is 0 Å². The van der Waals surface area contributed by atoms with Gasteiger partial charge in [0.25, 0.3) is 5.56 Å². The quantitative estimate of drug-likeness (QED) is 0.785. The normalized spacial score (nSPS) is 13.0. The van der Waals surface area contributed by atoms with Gasteiger partial charge in [-0.2, -0.15) is 0 Å². The van der Waals surface area contributed by atoms with Gasteiger partial charge in [-0.05, 0) is 6.92 Å². The summed E-state index contributed by atoms with van der Waals surface area (Å²) in [6.45, 7) is 4.63. The van der Waals surface area contributed by atoms with Crippen LogP contribution in [0.25, 0.3) is 11.2 Å². The number of hydrogen-bond acceptors (Lipinski definition) is 5. The number of imidazole rings is 1. The van der Waals surface area contributed by atoms with E-state index in [-0.39, 0.29) is 18.1 Å². The molecule has 0 spiro atoms. The van der Waals surface area contributed by atoms with Crippen LogP contribution in [0, 0.1) is 0 Å². The number of rotatable bonds is 6. The summed E-state index contributed by atoms with van der Waals surface area (Å²) in [6.07, 6.45) is 0.676. The third-order valence-electron chi connectivity index (χ3n) is 3.90. The van der Waals surface area contributed by atoms with Crippen molar-refractivity contribution in [3.8, 4) is 0 Å². The molecular formula is C14H23N5O3. The van der Waals surface area contributed by atoms with Gasteiger partial charge in [0, 0.05) is 27.1 Å². The van der Waals surface area contributed by atoms with E-state index in [0.29, 0.717) is 30.7 Å². The van der Waals surface area contributed by atoms with Gasteiger partial charge >= 0.3 is 5.69 Å². The Kier molecular flexibility index (Phi) is 4.82. The van der Waals surface area contributed by atoms with Gasteiger partial charge in [0.15, 0.2) is 11.2 Å². The van der Waals surface area contributed by atoms with E-state index in [1.165, 1.54) is 9.13 Å². The minimum absolute atomic E-state index is 0.212. The van der Waals surface area contributed by atoms with Crippen LogP contribution in [0.15, 0.2) is 9.59 Å². The second-order valence-corrected chi connectivity index (χ2v) is 5.30. The maximum absolute atomic E-state index is 12.7. The fraction of sp³-hybridized carbons (Fsp3) is 0.643. The van der Waals surface area contributed by atoms with Crippen molar-refractivity contribution in [2.75, 3.05) is 20.3 Å². The number of aryl methyl sites for hydroxylation is 2. The molecule has 2 heterocycles. The second kappa shape index (κ2) is 6.45. The number of fused-ring (bicyclic) bond motifs is 1. The Morgan fingerprint density at radius 1 is 1.36 bits per heavy atom. The van der Waals surface area contributed by atoms with Crippen LogP contribution in [-0.4, -0.2) is 38.9 Å². The maximum Gasteiger partial charge on any atom is 0.333 e. The largest absolute Gasteiger partial charge is 0.383 e. The molecule has 2 aromatic heterocycles. The van der Waals surface area contributed by atoms with Crippen molar-refractivity contribution in [3.63, 3.8) is 0 Å². The highest BCUT2D eigenvalue weighted by Gasteiger charge is 2.21. The molecule has 0 saturated heterocycles. The van der Waals surface area contributed by atoms with Crippen LogP contribution in [-0.2, 0) is 24.8 Å². The van der Waals surface area contributed by atoms with Crippen LogP contribution in [0.2, 0.25) is 0 Å². The zero-order valence-corrected chi connectivity index (χ0v) is 13.5. The van der Waals surface area contributed by atoms with Crippen molar-refractivity contribution in [1.82, 2.24) is 18.7 Å². The molecule has 0 aromatic carbocycles. The number of ether oxygens (including phenoxy) is 1. The molecule has 22 heavy (non-hydrogen) atoms. The molecule has 8 nitrogen and oxygen atoms in total. The van der Waals surface area contributed by atoms with Gasteiger partial charge in [-0.3, -0.25) is 13.9 Å². The van der Waals surface area contributed by atoms with Crippen LogP contribution in [0.1, 0.15) is 25.7 Å². The van der Waals surface area contributed by atoms with Gasteiger partial charge in [0.05, 0.1) is 19.2 Å². The van der Waals surface area contributed by atoms with Crippen molar-refractivity contribution in [1.29, 1.82) is 0 Å². The zero-order chi connectivity index (χ0) is 16.4. The minimum Gasteiger partial charge on any atom is -0.383 e. The molecule has 0 saturated carbocycles. The van der Waals surface area contributed by atoms with Crippen LogP contribution in [0.4, 0.5) is 0 Å². The summed E-state index contributed by atoms with van der Waals surface area (Å²) in [6, 6.07) is -0.377. The molecule has 0 aliphatic rings. The molecule has 1 atom stereocenters. The number of nitrogens with zero attached hydrogens (tertiary/aromatic N) is 4. The van der Waals surface area contributed by atoms with Gasteiger partial charge in [-0.25, -0.2) is 9.78 Å². The van der Waals surface area contributed by atoms with Crippen molar-refractivity contribution in [2.24, 2.45) is 12.8 Å². The molecule has 8 heteroatoms. The molecule has 2 aromatic rings. The first-order chi connectivity index (χ1) is 10.5. The van der Waals surface area contributed by atoms with Gasteiger partial charge in [-0.1, -0.05) is 6.92 Å². The summed E-state index contributed by atoms with van der Waals surface area (Å²) in [5, 5.41) is 0. The topological polar surface area (TPSA) is 97.1 Å². The molecule has 122 valence electrons. The van der Waals surface area contributed by atoms with E-state index in [1.807, 2.05) is 6.92 Å². The van der Waals surface area contributed by atoms with Gasteiger partial charge in [0.1, 0.15) is 5.82 Å². The summed E-state index contributed by atoms with van der Waals surface area (Å²) < 4.78 is 9.51. The predicted octanol–water partition coefficient (Wildman–Crippen LogP) is -0.375. The maximum atomic E-state index is 12.7. The lowest BCUT2D eigenvalue weighted by Crippen LogP contribution is -2.44. The van der Waals surface area contributed by atoms with Crippen molar-refractivity contribution in [2.45, 2.75) is 32.9 Å². The smallest absolute Gasteiger partial charge is 0.333 e. The van der Waals surface area contributed by atoms with Gasteiger partial charge in [0.2, 0.25) is 0 Å². The Balaban J connectivity index is 2.90. The first-order valence-corrected chi connectivity index (χ1v) is 7.37. The van der Waals surface area contributed by atoms with Crippen LogP contribution >= 0.6 is 0 Å². The second-order valence-electron chi connectivity index (χ2n) is 5.30. The lowest BCUT2D eigenvalue weighted by molar-refractivity contribution is 0.186. The Morgan fingerprint density at radius 2 is 2.05 bits per heavy atom. The lowest BCUT2D eigenvalue weighted by atomic mass is 10.3. The Morgan fingerprint density at radius 3 is 2.59 bits per heavy atom. The monoisotopic (exact) mass is 309 g/mol. The van der Waals surface area contributed by atoms with Crippen LogP contribution in [0.5, 0.6) is 0 Å². The summed E-state index contributed by atoms with van der Waals surface area (Å²) in [4.78, 5) is 29.9. The number of aromatic nitrogens is 4. The molecule has 0 bridgehead atoms. The first kappa shape index (κ1) is 16.4. The highest BCUT2D eigenvalue weighted by molar-refractivity contribution is 5.71. The summed E-state index contributed by atoms with van der Waals surface area (Å²) in [7, 11) is 3.36. The Bertz CT molecular complexity index is 786. The molecular weight excluding hydrogens is 286 g/mol. The average molecular weight is 309 g/mol. The van der Waals surface area contributed by atoms with Gasteiger partial charge < -0.3 is 15.0 Å². The lowest BCUT2D eigenvalue weighted by Gasteiger charge is -2.15. The van der Waals surface area contributed by atoms with Crippen LogP contribution < -0.4 is 17.0 Å². The zero-order valence-electron chi connectivity index (χ0n) is 13.5. The molecule has 0 aliphatic heterocycles. The fourth-order valence-electron chi connectivity index (χ4n) is 2.57. The van der Waals surface area contributed by atoms with E-state index < -0.39 is 5.69 Å². The molecule has 0 amide bonds. The third-order valence-corrected chi connectivity index (χ3v) is 3.90. The van der Waals surface area contributed by atoms with Crippen molar-refractivity contribution < 1.29 is 4.74 Å². The summed E-state index contributed by atoms with van der Waals surface area (Å²) >= 11 is 0. The minimum atomic E-state index is -0.395. The fourth-order valence-corrected chi connectivity index (χ4v) is 2.57. The van der Waals surface area contributed by atoms with E-state index >= 15 is 0 Å². The van der Waals surface area contributed by atoms with E-state index in [4.69, 9.17) is 10.5 Å². The number of methoxy groups -OCH3 is 1. The van der Waals surface area contributed by atoms with E-state index in [1.54, 1.807) is 25.6 Å². The standard InChI is InChI=1S/C14H23N5O3/c1-5-10-16-12-11(17(10)3)13(20)19(9(2)8-15)14(21)18(12)6-7-22-4/h9H,5-8,15H2,1-4H3. The van der Waals surface area contributed by atoms with Crippen molar-refractivity contribution >= 4 is 11.2 Å². The highest BCUT2D eigenvalue weighted by atomic mass is 16.5. The first-order valence-electron chi connectivity index (χ1n) is 7.37. The number of hydrogen-bond donors (Lipinski definition) is 1. The van der Waals surface area contributed by atoms with E-state index in [2.05, 4.69) is 4.98 Å². The molecule has 2 rings (SSSR count). The molecule has 0 fully saturated rings.